The van der Waals surface area contributed by atoms with Gasteiger partial charge in [0, 0.05) is 18.5 Å². The van der Waals surface area contributed by atoms with Crippen LogP contribution in [0.4, 0.5) is 0 Å². The molecule has 4 heteroatoms. The Labute approximate surface area is 130 Å². The maximum atomic E-state index is 12.1. The summed E-state index contributed by atoms with van der Waals surface area (Å²) >= 11 is 0. The Balaban J connectivity index is 1.62. The molecule has 1 amide bonds. The molecule has 1 fully saturated rings. The van der Waals surface area contributed by atoms with E-state index in [1.54, 1.807) is 6.92 Å². The van der Waals surface area contributed by atoms with Crippen molar-refractivity contribution in [2.75, 3.05) is 13.2 Å². The fourth-order valence-corrected chi connectivity index (χ4v) is 2.71. The van der Waals surface area contributed by atoms with Crippen LogP contribution < -0.4 is 10.1 Å². The largest absolute Gasteiger partial charge is 0.480 e. The molecule has 0 bridgehead atoms. The first-order chi connectivity index (χ1) is 10.7. The van der Waals surface area contributed by atoms with E-state index in [0.717, 1.165) is 36.0 Å². The van der Waals surface area contributed by atoms with E-state index in [0.29, 0.717) is 6.54 Å². The summed E-state index contributed by atoms with van der Waals surface area (Å²) in [5.74, 6) is 0.626. The van der Waals surface area contributed by atoms with E-state index in [2.05, 4.69) is 5.32 Å². The Morgan fingerprint density at radius 2 is 2.14 bits per heavy atom. The van der Waals surface area contributed by atoms with Crippen molar-refractivity contribution in [1.82, 2.24) is 5.32 Å². The van der Waals surface area contributed by atoms with E-state index in [-0.39, 0.29) is 12.0 Å². The van der Waals surface area contributed by atoms with E-state index < -0.39 is 6.10 Å². The second-order valence-electron chi connectivity index (χ2n) is 5.62. The molecule has 1 N–H and O–H groups in total. The molecular formula is C18H21NO3. The summed E-state index contributed by atoms with van der Waals surface area (Å²) in [7, 11) is 0. The van der Waals surface area contributed by atoms with E-state index in [1.165, 1.54) is 0 Å². The number of rotatable bonds is 5. The fraction of sp³-hybridized carbons (Fsp3) is 0.389. The second kappa shape index (κ2) is 6.79. The molecule has 1 aliphatic rings. The van der Waals surface area contributed by atoms with Crippen molar-refractivity contribution < 1.29 is 14.3 Å². The Bertz CT molecular complexity index is 644. The minimum absolute atomic E-state index is 0.108. The molecule has 0 saturated carbocycles. The average molecular weight is 299 g/mol. The van der Waals surface area contributed by atoms with Gasteiger partial charge in [0.05, 0.1) is 6.10 Å². The number of benzene rings is 2. The highest BCUT2D eigenvalue weighted by Gasteiger charge is 2.20. The third-order valence-corrected chi connectivity index (χ3v) is 3.95. The number of hydrogen-bond donors (Lipinski definition) is 1. The van der Waals surface area contributed by atoms with Crippen LogP contribution in [0.1, 0.15) is 19.8 Å². The zero-order chi connectivity index (χ0) is 15.4. The SMILES string of the molecule is C[C@@H](Oc1cccc2ccccc12)C(=O)NC[C@H]1CCCO1. The van der Waals surface area contributed by atoms with E-state index in [9.17, 15) is 4.79 Å². The number of fused-ring (bicyclic) bond motifs is 1. The Hall–Kier alpha value is -2.07. The highest BCUT2D eigenvalue weighted by atomic mass is 16.5. The number of hydrogen-bond acceptors (Lipinski definition) is 3. The van der Waals surface area contributed by atoms with Crippen LogP contribution in [0.3, 0.4) is 0 Å². The fourth-order valence-electron chi connectivity index (χ4n) is 2.71. The summed E-state index contributed by atoms with van der Waals surface area (Å²) in [5, 5.41) is 5.02. The molecule has 0 aromatic heterocycles. The molecule has 1 saturated heterocycles. The van der Waals surface area contributed by atoms with Gasteiger partial charge in [0.15, 0.2) is 6.10 Å². The van der Waals surface area contributed by atoms with Crippen LogP contribution in [0.25, 0.3) is 10.8 Å². The van der Waals surface area contributed by atoms with Crippen molar-refractivity contribution in [3.63, 3.8) is 0 Å². The zero-order valence-electron chi connectivity index (χ0n) is 12.7. The van der Waals surface area contributed by atoms with Crippen LogP contribution in [-0.4, -0.2) is 31.3 Å². The van der Waals surface area contributed by atoms with Gasteiger partial charge in [-0.05, 0) is 31.2 Å². The molecule has 2 aromatic carbocycles. The molecular weight excluding hydrogens is 278 g/mol. The minimum Gasteiger partial charge on any atom is -0.480 e. The van der Waals surface area contributed by atoms with Crippen molar-refractivity contribution >= 4 is 16.7 Å². The first-order valence-corrected chi connectivity index (χ1v) is 7.78. The van der Waals surface area contributed by atoms with Gasteiger partial charge in [0.25, 0.3) is 5.91 Å². The number of nitrogens with one attached hydrogen (secondary N) is 1. The average Bonchev–Trinajstić information content (AvgIpc) is 3.06. The molecule has 116 valence electrons. The Kier molecular flexibility index (Phi) is 4.59. The number of carbonyl (C=O) groups is 1. The monoisotopic (exact) mass is 299 g/mol. The van der Waals surface area contributed by atoms with Crippen molar-refractivity contribution in [2.24, 2.45) is 0 Å². The van der Waals surface area contributed by atoms with Gasteiger partial charge in [0.1, 0.15) is 5.75 Å². The topological polar surface area (TPSA) is 47.6 Å². The minimum atomic E-state index is -0.535. The standard InChI is InChI=1S/C18H21NO3/c1-13(18(20)19-12-15-8-5-11-21-15)22-17-10-4-7-14-6-2-3-9-16(14)17/h2-4,6-7,9-10,13,15H,5,8,11-12H2,1H3,(H,19,20)/t13-,15-/m1/s1. The number of carbonyl (C=O) groups excluding carboxylic acids is 1. The summed E-state index contributed by atoms with van der Waals surface area (Å²) in [6.45, 7) is 3.12. The Morgan fingerprint density at radius 1 is 1.32 bits per heavy atom. The smallest absolute Gasteiger partial charge is 0.260 e. The van der Waals surface area contributed by atoms with Crippen LogP contribution in [0.2, 0.25) is 0 Å². The van der Waals surface area contributed by atoms with Crippen molar-refractivity contribution in [2.45, 2.75) is 32.0 Å². The van der Waals surface area contributed by atoms with Gasteiger partial charge in [-0.3, -0.25) is 4.79 Å². The lowest BCUT2D eigenvalue weighted by molar-refractivity contribution is -0.127. The lowest BCUT2D eigenvalue weighted by Gasteiger charge is -2.17. The zero-order valence-corrected chi connectivity index (χ0v) is 12.7. The molecule has 22 heavy (non-hydrogen) atoms. The van der Waals surface area contributed by atoms with Crippen LogP contribution in [-0.2, 0) is 9.53 Å². The highest BCUT2D eigenvalue weighted by Crippen LogP contribution is 2.26. The number of amides is 1. The molecule has 4 nitrogen and oxygen atoms in total. The van der Waals surface area contributed by atoms with Gasteiger partial charge in [-0.25, -0.2) is 0 Å². The summed E-state index contributed by atoms with van der Waals surface area (Å²) in [5.41, 5.74) is 0. The molecule has 2 aromatic rings. The van der Waals surface area contributed by atoms with Crippen molar-refractivity contribution in [1.29, 1.82) is 0 Å². The molecule has 2 atom stereocenters. The van der Waals surface area contributed by atoms with E-state index >= 15 is 0 Å². The molecule has 0 unspecified atom stereocenters. The third-order valence-electron chi connectivity index (χ3n) is 3.95. The third kappa shape index (κ3) is 3.39. The van der Waals surface area contributed by atoms with Gasteiger partial charge >= 0.3 is 0 Å². The van der Waals surface area contributed by atoms with E-state index in [1.807, 2.05) is 42.5 Å². The molecule has 1 heterocycles. The summed E-state index contributed by atoms with van der Waals surface area (Å²) in [6.07, 6.45) is 1.70. The molecule has 3 rings (SSSR count). The normalized spacial score (nSPS) is 19.0. The predicted octanol–water partition coefficient (Wildman–Crippen LogP) is 2.90. The predicted molar refractivity (Wildman–Crippen MR) is 86.0 cm³/mol. The summed E-state index contributed by atoms with van der Waals surface area (Å²) in [6, 6.07) is 13.9. The molecule has 0 aliphatic carbocycles. The number of ether oxygens (including phenoxy) is 2. The Morgan fingerprint density at radius 3 is 2.95 bits per heavy atom. The second-order valence-corrected chi connectivity index (χ2v) is 5.62. The van der Waals surface area contributed by atoms with Crippen LogP contribution in [0, 0.1) is 0 Å². The van der Waals surface area contributed by atoms with Crippen LogP contribution >= 0.6 is 0 Å². The lowest BCUT2D eigenvalue weighted by Crippen LogP contribution is -2.40. The van der Waals surface area contributed by atoms with Gasteiger partial charge in [-0.2, -0.15) is 0 Å². The maximum absolute atomic E-state index is 12.1. The summed E-state index contributed by atoms with van der Waals surface area (Å²) < 4.78 is 11.4. The van der Waals surface area contributed by atoms with E-state index in [4.69, 9.17) is 9.47 Å². The highest BCUT2D eigenvalue weighted by molar-refractivity contribution is 5.89. The quantitative estimate of drug-likeness (QED) is 0.923. The van der Waals surface area contributed by atoms with Gasteiger partial charge in [-0.15, -0.1) is 0 Å². The van der Waals surface area contributed by atoms with Crippen molar-refractivity contribution in [3.8, 4) is 5.75 Å². The first kappa shape index (κ1) is 14.9. The molecule has 1 aliphatic heterocycles. The van der Waals surface area contributed by atoms with Gasteiger partial charge in [0.2, 0.25) is 0 Å². The molecule has 0 radical (unpaired) electrons. The van der Waals surface area contributed by atoms with Gasteiger partial charge in [-0.1, -0.05) is 36.4 Å². The van der Waals surface area contributed by atoms with Crippen molar-refractivity contribution in [3.05, 3.63) is 42.5 Å². The first-order valence-electron chi connectivity index (χ1n) is 7.78. The maximum Gasteiger partial charge on any atom is 0.260 e. The van der Waals surface area contributed by atoms with Gasteiger partial charge < -0.3 is 14.8 Å². The van der Waals surface area contributed by atoms with Crippen LogP contribution in [0.15, 0.2) is 42.5 Å². The van der Waals surface area contributed by atoms with Crippen LogP contribution in [0.5, 0.6) is 5.75 Å². The summed E-state index contributed by atoms with van der Waals surface area (Å²) in [4.78, 5) is 12.1. The lowest BCUT2D eigenvalue weighted by atomic mass is 10.1. The molecule has 0 spiro atoms.